The summed E-state index contributed by atoms with van der Waals surface area (Å²) in [7, 11) is 0. The fraction of sp³-hybridized carbons (Fsp3) is 0.750. The SMILES string of the molecule is O=C(O)CN(CCOCCCCOCCN(CC(=O)O)CC(=O)O)CC(=O)O. The first-order valence-electron chi connectivity index (χ1n) is 8.68. The van der Waals surface area contributed by atoms with Crippen molar-refractivity contribution >= 4 is 23.9 Å². The largest absolute Gasteiger partial charge is 0.480 e. The Balaban J connectivity index is 3.71. The standard InChI is InChI=1S/C16H28N2O10/c19-13(20)9-17(10-14(21)22)3-7-27-5-1-2-6-28-8-4-18(11-15(23)24)12-16(25)26/h1-12H2,(H,19,20)(H,21,22)(H,23,24)(H,25,26). The van der Waals surface area contributed by atoms with Gasteiger partial charge in [0.1, 0.15) is 0 Å². The van der Waals surface area contributed by atoms with E-state index in [9.17, 15) is 19.2 Å². The quantitative estimate of drug-likeness (QED) is 0.187. The van der Waals surface area contributed by atoms with E-state index in [1.165, 1.54) is 9.80 Å². The van der Waals surface area contributed by atoms with E-state index in [1.54, 1.807) is 0 Å². The maximum atomic E-state index is 10.6. The van der Waals surface area contributed by atoms with Crippen LogP contribution in [0.1, 0.15) is 12.8 Å². The zero-order valence-corrected chi connectivity index (χ0v) is 15.6. The van der Waals surface area contributed by atoms with E-state index < -0.39 is 23.9 Å². The molecule has 0 saturated heterocycles. The molecular formula is C16H28N2O10. The van der Waals surface area contributed by atoms with Crippen LogP contribution in [0.15, 0.2) is 0 Å². The second kappa shape index (κ2) is 15.7. The fourth-order valence-corrected chi connectivity index (χ4v) is 2.19. The van der Waals surface area contributed by atoms with Crippen LogP contribution >= 0.6 is 0 Å². The van der Waals surface area contributed by atoms with Crippen LogP contribution in [0.4, 0.5) is 0 Å². The van der Waals surface area contributed by atoms with Gasteiger partial charge in [0, 0.05) is 26.3 Å². The van der Waals surface area contributed by atoms with Gasteiger partial charge in [0.05, 0.1) is 39.4 Å². The van der Waals surface area contributed by atoms with Gasteiger partial charge in [-0.25, -0.2) is 0 Å². The number of carboxylic acids is 4. The Bertz CT molecular complexity index is 424. The second-order valence-electron chi connectivity index (χ2n) is 5.93. The Morgan fingerprint density at radius 1 is 0.536 bits per heavy atom. The van der Waals surface area contributed by atoms with Gasteiger partial charge in [-0.15, -0.1) is 0 Å². The molecule has 162 valence electrons. The average molecular weight is 408 g/mol. The maximum absolute atomic E-state index is 10.6. The summed E-state index contributed by atoms with van der Waals surface area (Å²) in [6, 6.07) is 0. The van der Waals surface area contributed by atoms with Crippen LogP contribution in [0.25, 0.3) is 0 Å². The summed E-state index contributed by atoms with van der Waals surface area (Å²) in [5, 5.41) is 34.8. The molecule has 0 aliphatic rings. The Hall–Kier alpha value is -2.28. The molecule has 12 nitrogen and oxygen atoms in total. The summed E-state index contributed by atoms with van der Waals surface area (Å²) in [5.41, 5.74) is 0. The van der Waals surface area contributed by atoms with E-state index in [2.05, 4.69) is 0 Å². The molecule has 0 heterocycles. The molecule has 0 saturated carbocycles. The number of unbranched alkanes of at least 4 members (excludes halogenated alkanes) is 1. The Morgan fingerprint density at radius 2 is 0.821 bits per heavy atom. The molecule has 0 atom stereocenters. The van der Waals surface area contributed by atoms with Crippen LogP contribution in [-0.4, -0.2) is 120 Å². The summed E-state index contributed by atoms with van der Waals surface area (Å²) in [6.45, 7) is 0.129. The molecule has 0 aromatic heterocycles. The van der Waals surface area contributed by atoms with Crippen LogP contribution in [0.5, 0.6) is 0 Å². The van der Waals surface area contributed by atoms with Crippen molar-refractivity contribution in [3.8, 4) is 0 Å². The van der Waals surface area contributed by atoms with E-state index in [0.717, 1.165) is 0 Å². The van der Waals surface area contributed by atoms with Crippen LogP contribution in [-0.2, 0) is 28.7 Å². The summed E-state index contributed by atoms with van der Waals surface area (Å²) >= 11 is 0. The van der Waals surface area contributed by atoms with E-state index in [-0.39, 0.29) is 52.5 Å². The normalized spacial score (nSPS) is 11.1. The second-order valence-corrected chi connectivity index (χ2v) is 5.93. The highest BCUT2D eigenvalue weighted by Crippen LogP contribution is 1.95. The van der Waals surface area contributed by atoms with Gasteiger partial charge < -0.3 is 29.9 Å². The number of hydrogen-bond donors (Lipinski definition) is 4. The summed E-state index contributed by atoms with van der Waals surface area (Å²) in [6.07, 6.45) is 1.34. The monoisotopic (exact) mass is 408 g/mol. The van der Waals surface area contributed by atoms with Crippen LogP contribution in [0.3, 0.4) is 0 Å². The third-order valence-electron chi connectivity index (χ3n) is 3.37. The average Bonchev–Trinajstić information content (AvgIpc) is 2.54. The fourth-order valence-electron chi connectivity index (χ4n) is 2.19. The molecule has 0 rings (SSSR count). The van der Waals surface area contributed by atoms with Crippen molar-refractivity contribution < 1.29 is 49.1 Å². The molecule has 0 aliphatic carbocycles. The van der Waals surface area contributed by atoms with Gasteiger partial charge in [0.2, 0.25) is 0 Å². The van der Waals surface area contributed by atoms with Crippen molar-refractivity contribution in [1.82, 2.24) is 9.80 Å². The number of ether oxygens (including phenoxy) is 2. The van der Waals surface area contributed by atoms with Crippen molar-refractivity contribution in [3.63, 3.8) is 0 Å². The molecular weight excluding hydrogens is 380 g/mol. The van der Waals surface area contributed by atoms with Gasteiger partial charge in [-0.1, -0.05) is 0 Å². The Kier molecular flexibility index (Phi) is 14.5. The van der Waals surface area contributed by atoms with E-state index in [4.69, 9.17) is 29.9 Å². The Morgan fingerprint density at radius 3 is 1.07 bits per heavy atom. The molecule has 0 bridgehead atoms. The molecule has 0 aromatic carbocycles. The first-order valence-corrected chi connectivity index (χ1v) is 8.68. The molecule has 4 N–H and O–H groups in total. The van der Waals surface area contributed by atoms with Gasteiger partial charge in [0.15, 0.2) is 0 Å². The highest BCUT2D eigenvalue weighted by atomic mass is 16.5. The van der Waals surface area contributed by atoms with Gasteiger partial charge in [-0.3, -0.25) is 29.0 Å². The number of carboxylic acid groups (broad SMARTS) is 4. The number of hydrogen-bond acceptors (Lipinski definition) is 8. The first-order chi connectivity index (χ1) is 13.2. The third-order valence-corrected chi connectivity index (χ3v) is 3.37. The molecule has 28 heavy (non-hydrogen) atoms. The van der Waals surface area contributed by atoms with Crippen molar-refractivity contribution in [3.05, 3.63) is 0 Å². The van der Waals surface area contributed by atoms with E-state index in [0.29, 0.717) is 26.1 Å². The zero-order chi connectivity index (χ0) is 21.4. The third kappa shape index (κ3) is 17.1. The molecule has 0 aliphatic heterocycles. The van der Waals surface area contributed by atoms with Gasteiger partial charge >= 0.3 is 23.9 Å². The molecule has 0 amide bonds. The molecule has 0 unspecified atom stereocenters. The van der Waals surface area contributed by atoms with Crippen molar-refractivity contribution in [2.75, 3.05) is 65.7 Å². The summed E-state index contributed by atoms with van der Waals surface area (Å²) < 4.78 is 10.7. The highest BCUT2D eigenvalue weighted by molar-refractivity contribution is 5.73. The molecule has 0 spiro atoms. The highest BCUT2D eigenvalue weighted by Gasteiger charge is 2.13. The predicted molar refractivity (Wildman–Crippen MR) is 94.3 cm³/mol. The minimum atomic E-state index is -1.11. The molecule has 0 fully saturated rings. The van der Waals surface area contributed by atoms with E-state index >= 15 is 0 Å². The van der Waals surface area contributed by atoms with Gasteiger partial charge in [-0.2, -0.15) is 0 Å². The topological polar surface area (TPSA) is 174 Å². The van der Waals surface area contributed by atoms with Crippen LogP contribution in [0, 0.1) is 0 Å². The molecule has 12 heteroatoms. The first kappa shape index (κ1) is 25.7. The van der Waals surface area contributed by atoms with Gasteiger partial charge in [0.25, 0.3) is 0 Å². The minimum Gasteiger partial charge on any atom is -0.480 e. The van der Waals surface area contributed by atoms with Crippen molar-refractivity contribution in [2.24, 2.45) is 0 Å². The summed E-state index contributed by atoms with van der Waals surface area (Å²) in [5.74, 6) is -4.43. The molecule has 0 aromatic rings. The van der Waals surface area contributed by atoms with Crippen LogP contribution in [0.2, 0.25) is 0 Å². The smallest absolute Gasteiger partial charge is 0.317 e. The maximum Gasteiger partial charge on any atom is 0.317 e. The number of rotatable bonds is 19. The Labute approximate surface area is 162 Å². The number of carbonyl (C=O) groups is 4. The number of aliphatic carboxylic acids is 4. The lowest BCUT2D eigenvalue weighted by Gasteiger charge is -2.18. The lowest BCUT2D eigenvalue weighted by molar-refractivity contribution is -0.144. The molecule has 0 radical (unpaired) electrons. The van der Waals surface area contributed by atoms with Crippen molar-refractivity contribution in [1.29, 1.82) is 0 Å². The predicted octanol–water partition coefficient (Wildman–Crippen LogP) is -1.26. The van der Waals surface area contributed by atoms with E-state index in [1.807, 2.05) is 0 Å². The summed E-state index contributed by atoms with van der Waals surface area (Å²) in [4.78, 5) is 45.1. The van der Waals surface area contributed by atoms with Crippen molar-refractivity contribution in [2.45, 2.75) is 12.8 Å². The zero-order valence-electron chi connectivity index (χ0n) is 15.6. The minimum absolute atomic E-state index is 0.193. The lowest BCUT2D eigenvalue weighted by atomic mass is 10.3. The van der Waals surface area contributed by atoms with Crippen LogP contribution < -0.4 is 0 Å². The lowest BCUT2D eigenvalue weighted by Crippen LogP contribution is -2.37. The van der Waals surface area contributed by atoms with Gasteiger partial charge in [-0.05, 0) is 12.8 Å². The number of nitrogens with zero attached hydrogens (tertiary/aromatic N) is 2.